The largest absolute Gasteiger partial charge is 0.573 e. The third kappa shape index (κ3) is 6.22. The minimum atomic E-state index is -4.94. The highest BCUT2D eigenvalue weighted by Crippen LogP contribution is 2.40. The third-order valence-electron chi connectivity index (χ3n) is 10.8. The lowest BCUT2D eigenvalue weighted by atomic mass is 9.94. The summed E-state index contributed by atoms with van der Waals surface area (Å²) in [5.41, 5.74) is 10.2. The topological polar surface area (TPSA) is 130 Å². The van der Waals surface area contributed by atoms with Crippen molar-refractivity contribution in [2.45, 2.75) is 70.1 Å². The van der Waals surface area contributed by atoms with Gasteiger partial charge < -0.3 is 34.6 Å². The van der Waals surface area contributed by atoms with Gasteiger partial charge in [0, 0.05) is 43.2 Å². The van der Waals surface area contributed by atoms with Crippen LogP contribution in [-0.2, 0) is 13.6 Å². The number of methoxy groups -OCH3 is 1. The van der Waals surface area contributed by atoms with Crippen molar-refractivity contribution in [1.29, 1.82) is 0 Å². The number of hydrogen-bond acceptors (Lipinski definition) is 7. The quantitative estimate of drug-likeness (QED) is 0.182. The molecule has 5 aromatic rings. The molecular weight excluding hydrogens is 675 g/mol. The minimum absolute atomic E-state index is 0.0221. The number of rotatable bonds is 9. The highest BCUT2D eigenvalue weighted by Gasteiger charge is 2.41. The number of nitrogens with one attached hydrogen (secondary N) is 1. The van der Waals surface area contributed by atoms with E-state index in [-0.39, 0.29) is 23.6 Å². The van der Waals surface area contributed by atoms with E-state index in [1.54, 1.807) is 26.2 Å². The Labute approximate surface area is 297 Å². The van der Waals surface area contributed by atoms with E-state index < -0.39 is 24.1 Å². The molecule has 3 fully saturated rings. The monoisotopic (exact) mass is 715 g/mol. The van der Waals surface area contributed by atoms with Crippen molar-refractivity contribution in [3.8, 4) is 23.0 Å². The fourth-order valence-electron chi connectivity index (χ4n) is 7.95. The number of nitrogens with two attached hydrogens (primary N) is 1. The zero-order valence-electron chi connectivity index (χ0n) is 29.1. The molecule has 14 heteroatoms. The van der Waals surface area contributed by atoms with Crippen LogP contribution < -0.4 is 20.5 Å². The number of ether oxygens (including phenoxy) is 2. The first-order valence-corrected chi connectivity index (χ1v) is 17.7. The van der Waals surface area contributed by atoms with Crippen LogP contribution >= 0.6 is 0 Å². The third-order valence-corrected chi connectivity index (χ3v) is 10.8. The zero-order valence-corrected chi connectivity index (χ0v) is 29.1. The molecule has 3 aromatic heterocycles. The molecule has 3 aliphatic rings. The Morgan fingerprint density at radius 2 is 1.83 bits per heavy atom. The molecule has 1 aliphatic heterocycles. The first-order chi connectivity index (χ1) is 24.9. The molecule has 4 atom stereocenters. The number of pyridine rings is 1. The molecule has 2 aromatic carbocycles. The van der Waals surface area contributed by atoms with Crippen molar-refractivity contribution in [3.05, 3.63) is 71.4 Å². The summed E-state index contributed by atoms with van der Waals surface area (Å²) in [6.07, 6.45) is 0.203. The maximum absolute atomic E-state index is 13.9. The number of fused-ring (bicyclic) bond motifs is 4. The number of benzene rings is 2. The molecule has 2 bridgehead atoms. The predicted molar refractivity (Wildman–Crippen MR) is 188 cm³/mol. The number of aromatic nitrogens is 4. The molecular formula is C38H40F3N7O4. The Morgan fingerprint density at radius 1 is 1.04 bits per heavy atom. The van der Waals surface area contributed by atoms with Crippen LogP contribution in [0.5, 0.6) is 11.5 Å². The zero-order chi connectivity index (χ0) is 36.5. The lowest BCUT2D eigenvalue weighted by molar-refractivity contribution is -0.274. The van der Waals surface area contributed by atoms with E-state index >= 15 is 0 Å². The van der Waals surface area contributed by atoms with Gasteiger partial charge in [0.05, 0.1) is 35.6 Å². The summed E-state index contributed by atoms with van der Waals surface area (Å²) < 4.78 is 53.1. The van der Waals surface area contributed by atoms with Gasteiger partial charge in [0.1, 0.15) is 22.7 Å². The van der Waals surface area contributed by atoms with E-state index in [0.29, 0.717) is 58.9 Å². The minimum Gasteiger partial charge on any atom is -0.494 e. The second-order valence-corrected chi connectivity index (χ2v) is 14.4. The molecule has 0 spiro atoms. The first kappa shape index (κ1) is 34.0. The molecule has 2 saturated carbocycles. The van der Waals surface area contributed by atoms with E-state index in [1.807, 2.05) is 34.7 Å². The maximum atomic E-state index is 13.9. The average Bonchev–Trinajstić information content (AvgIpc) is 3.58. The number of halogens is 3. The summed E-state index contributed by atoms with van der Waals surface area (Å²) in [4.78, 5) is 39.0. The molecule has 4 heterocycles. The van der Waals surface area contributed by atoms with Gasteiger partial charge in [-0.1, -0.05) is 12.1 Å². The number of alkyl halides is 3. The van der Waals surface area contributed by atoms with Crippen LogP contribution in [0.25, 0.3) is 33.6 Å². The van der Waals surface area contributed by atoms with Crippen LogP contribution in [0.3, 0.4) is 0 Å². The number of hydrogen-bond donors (Lipinski definition) is 2. The van der Waals surface area contributed by atoms with E-state index in [4.69, 9.17) is 20.4 Å². The summed E-state index contributed by atoms with van der Waals surface area (Å²) in [7, 11) is 3.51. The van der Waals surface area contributed by atoms with Gasteiger partial charge in [-0.15, -0.1) is 13.2 Å². The Morgan fingerprint density at radius 3 is 2.58 bits per heavy atom. The molecule has 8 rings (SSSR count). The number of carbonyl (C=O) groups is 2. The van der Waals surface area contributed by atoms with Gasteiger partial charge in [-0.2, -0.15) is 0 Å². The standard InChI is InChI=1S/C38H40F3N7O4/c1-20(43-36(49)26-6-4-5-7-31(26)52-38(39,40)41)28-13-11-23-16-30(48(34(23)44-28)18-21-8-9-21)35-45-29-15-24(17-32(51-3)33(29)46(35)2)37(50)47-19-27(42)22-10-12-25(47)14-22/h4-7,11,13,15-17,20-22,25,27H,8-10,12,14,18-19,42H2,1-3H3,(H,43,49)/t20-,22+,25-,27+/m1/s1. The summed E-state index contributed by atoms with van der Waals surface area (Å²) in [5.74, 6) is 0.814. The number of aryl methyl sites for hydroxylation is 1. The molecule has 272 valence electrons. The fraction of sp³-hybridized carbons (Fsp3) is 0.421. The van der Waals surface area contributed by atoms with Crippen LogP contribution in [-0.4, -0.2) is 67.9 Å². The average molecular weight is 716 g/mol. The van der Waals surface area contributed by atoms with Crippen molar-refractivity contribution in [3.63, 3.8) is 0 Å². The Hall–Kier alpha value is -5.11. The number of imidazole rings is 1. The molecule has 52 heavy (non-hydrogen) atoms. The van der Waals surface area contributed by atoms with Crippen LogP contribution in [0, 0.1) is 11.8 Å². The van der Waals surface area contributed by atoms with Gasteiger partial charge in [-0.25, -0.2) is 9.97 Å². The van der Waals surface area contributed by atoms with Crippen LogP contribution in [0.15, 0.2) is 54.6 Å². The van der Waals surface area contributed by atoms with Gasteiger partial charge in [0.2, 0.25) is 0 Å². The normalized spacial score (nSPS) is 20.8. The summed E-state index contributed by atoms with van der Waals surface area (Å²) in [5, 5.41) is 3.65. The van der Waals surface area contributed by atoms with Gasteiger partial charge >= 0.3 is 6.36 Å². The van der Waals surface area contributed by atoms with E-state index in [9.17, 15) is 22.8 Å². The van der Waals surface area contributed by atoms with Crippen molar-refractivity contribution in [2.24, 2.45) is 24.6 Å². The number of carbonyl (C=O) groups excluding carboxylic acids is 2. The number of para-hydroxylation sites is 1. The molecule has 11 nitrogen and oxygen atoms in total. The summed E-state index contributed by atoms with van der Waals surface area (Å²) in [6.45, 7) is 2.98. The molecule has 0 radical (unpaired) electrons. The van der Waals surface area contributed by atoms with E-state index in [2.05, 4.69) is 14.6 Å². The molecule has 3 N–H and O–H groups in total. The predicted octanol–water partition coefficient (Wildman–Crippen LogP) is 6.35. The van der Waals surface area contributed by atoms with Gasteiger partial charge in [-0.05, 0) is 93.3 Å². The lowest BCUT2D eigenvalue weighted by Crippen LogP contribution is -2.51. The van der Waals surface area contributed by atoms with E-state index in [1.165, 1.54) is 18.2 Å². The highest BCUT2D eigenvalue weighted by molar-refractivity contribution is 6.00. The molecule has 2 aliphatic carbocycles. The first-order valence-electron chi connectivity index (χ1n) is 17.7. The van der Waals surface area contributed by atoms with Gasteiger partial charge in [0.25, 0.3) is 11.8 Å². The van der Waals surface area contributed by atoms with Gasteiger partial charge in [-0.3, -0.25) is 9.59 Å². The Balaban J connectivity index is 1.13. The summed E-state index contributed by atoms with van der Waals surface area (Å²) >= 11 is 0. The van der Waals surface area contributed by atoms with Gasteiger partial charge in [0.15, 0.2) is 5.82 Å². The second kappa shape index (κ2) is 12.8. The number of likely N-dealkylation sites (tertiary alicyclic amines) is 1. The number of amides is 2. The highest BCUT2D eigenvalue weighted by atomic mass is 19.4. The van der Waals surface area contributed by atoms with Crippen molar-refractivity contribution >= 4 is 33.9 Å². The maximum Gasteiger partial charge on any atom is 0.573 e. The number of piperidine rings is 1. The molecule has 1 saturated heterocycles. The Bertz CT molecular complexity index is 2210. The molecule has 2 amide bonds. The van der Waals surface area contributed by atoms with Crippen molar-refractivity contribution in [1.82, 2.24) is 29.3 Å². The van der Waals surface area contributed by atoms with Crippen LogP contribution in [0.1, 0.15) is 71.5 Å². The molecule has 0 unspecified atom stereocenters. The smallest absolute Gasteiger partial charge is 0.494 e. The van der Waals surface area contributed by atoms with Crippen LogP contribution in [0.4, 0.5) is 13.2 Å². The lowest BCUT2D eigenvalue weighted by Gasteiger charge is -2.37. The number of nitrogens with zero attached hydrogens (tertiary/aromatic N) is 5. The SMILES string of the molecule is COc1cc(C(=O)N2C[C@H](N)[C@H]3CC[C@@H]2C3)cc2nc(-c3cc4ccc([C@@H](C)NC(=O)c5ccccc5OC(F)(F)F)nc4n3CC3CC3)n(C)c12. The van der Waals surface area contributed by atoms with Crippen LogP contribution in [0.2, 0.25) is 0 Å². The fourth-order valence-corrected chi connectivity index (χ4v) is 7.95. The summed E-state index contributed by atoms with van der Waals surface area (Å²) in [6, 6.07) is 14.2. The van der Waals surface area contributed by atoms with Crippen molar-refractivity contribution < 1.29 is 32.2 Å². The Kier molecular flexibility index (Phi) is 8.39. The van der Waals surface area contributed by atoms with Crippen molar-refractivity contribution in [2.75, 3.05) is 13.7 Å². The second-order valence-electron chi connectivity index (χ2n) is 14.4. The van der Waals surface area contributed by atoms with E-state index in [0.717, 1.165) is 54.8 Å².